The monoisotopic (exact) mass is 1180 g/mol. The first-order chi connectivity index (χ1) is 39.8. The summed E-state index contributed by atoms with van der Waals surface area (Å²) in [6.07, 6.45) is -5.64. The molecule has 12 rings (SSSR count). The minimum Gasteiger partial charge on any atom is -0.396 e. The van der Waals surface area contributed by atoms with Gasteiger partial charge in [-0.25, -0.2) is 17.6 Å². The van der Waals surface area contributed by atoms with Gasteiger partial charge in [0.2, 0.25) is 0 Å². The second-order valence-corrected chi connectivity index (χ2v) is 23.1. The fraction of sp³-hybridized carbons (Fsp3) is 0.483. The van der Waals surface area contributed by atoms with Crippen LogP contribution in [0.5, 0.6) is 0 Å². The summed E-state index contributed by atoms with van der Waals surface area (Å²) in [5, 5.41) is 34.9. The summed E-state index contributed by atoms with van der Waals surface area (Å²) in [5.41, 5.74) is -0.0100. The molecular formula is C58H60F10N10O6. The van der Waals surface area contributed by atoms with Crippen LogP contribution in [0.2, 0.25) is 0 Å². The zero-order valence-electron chi connectivity index (χ0n) is 45.7. The molecular weight excluding hydrogens is 1120 g/mol. The van der Waals surface area contributed by atoms with Crippen molar-refractivity contribution in [2.75, 3.05) is 75.6 Å². The number of aliphatic hydroxyl groups is 2. The molecule has 2 unspecified atom stereocenters. The molecule has 0 bridgehead atoms. The Morgan fingerprint density at radius 1 is 0.607 bits per heavy atom. The molecule has 2 atom stereocenters. The summed E-state index contributed by atoms with van der Waals surface area (Å²) in [7, 11) is 3.69. The number of hydrogen-bond acceptors (Lipinski definition) is 12. The highest BCUT2D eigenvalue weighted by Crippen LogP contribution is 2.45. The van der Waals surface area contributed by atoms with E-state index < -0.39 is 96.0 Å². The van der Waals surface area contributed by atoms with Gasteiger partial charge in [0.1, 0.15) is 24.3 Å². The summed E-state index contributed by atoms with van der Waals surface area (Å²) in [5.74, 6) is -8.30. The smallest absolute Gasteiger partial charge is 0.396 e. The minimum absolute atomic E-state index is 0.0206. The number of aliphatic hydroxyl groups excluding tert-OH is 2. The Bertz CT molecular complexity index is 3450. The molecule has 84 heavy (non-hydrogen) atoms. The van der Waals surface area contributed by atoms with Gasteiger partial charge in [-0.05, 0) is 94.9 Å². The van der Waals surface area contributed by atoms with Gasteiger partial charge in [-0.3, -0.25) is 19.4 Å². The van der Waals surface area contributed by atoms with Crippen molar-refractivity contribution in [1.29, 1.82) is 0 Å². The zero-order valence-corrected chi connectivity index (χ0v) is 45.7. The Kier molecular flexibility index (Phi) is 15.6. The van der Waals surface area contributed by atoms with E-state index in [9.17, 15) is 63.7 Å². The van der Waals surface area contributed by atoms with E-state index >= 15 is 0 Å². The maximum absolute atomic E-state index is 14.4. The first kappa shape index (κ1) is 58.9. The van der Waals surface area contributed by atoms with Crippen molar-refractivity contribution in [1.82, 2.24) is 39.3 Å². The first-order valence-electron chi connectivity index (χ1n) is 27.3. The number of alkyl halides is 10. The van der Waals surface area contributed by atoms with Gasteiger partial charge < -0.3 is 38.6 Å². The van der Waals surface area contributed by atoms with Crippen LogP contribution in [0.1, 0.15) is 89.7 Å². The number of fused-ring (bicyclic) bond motifs is 2. The van der Waals surface area contributed by atoms with Crippen molar-refractivity contribution in [2.45, 2.75) is 86.9 Å². The van der Waals surface area contributed by atoms with Crippen LogP contribution in [-0.4, -0.2) is 139 Å². The van der Waals surface area contributed by atoms with Crippen LogP contribution in [0.3, 0.4) is 0 Å². The number of hydrogen-bond donors (Lipinski definition) is 2. The van der Waals surface area contributed by atoms with Gasteiger partial charge in [-0.1, -0.05) is 24.3 Å². The fourth-order valence-corrected chi connectivity index (χ4v) is 12.3. The lowest BCUT2D eigenvalue weighted by molar-refractivity contribution is -0.139. The largest absolute Gasteiger partial charge is 0.416 e. The van der Waals surface area contributed by atoms with Gasteiger partial charge in [-0.15, -0.1) is 20.4 Å². The highest BCUT2D eigenvalue weighted by atomic mass is 19.4. The summed E-state index contributed by atoms with van der Waals surface area (Å²) in [4.78, 5) is 32.8. The number of amides is 2. The lowest BCUT2D eigenvalue weighted by Crippen LogP contribution is -2.49. The molecule has 2 aromatic heterocycles. The van der Waals surface area contributed by atoms with Crippen molar-refractivity contribution >= 4 is 23.2 Å². The van der Waals surface area contributed by atoms with Gasteiger partial charge in [-0.2, -0.15) is 26.3 Å². The van der Waals surface area contributed by atoms with Crippen molar-refractivity contribution in [2.24, 2.45) is 25.9 Å². The molecule has 448 valence electrons. The number of rotatable bonds is 14. The second-order valence-electron chi connectivity index (χ2n) is 23.1. The van der Waals surface area contributed by atoms with E-state index in [1.54, 1.807) is 41.8 Å². The molecule has 4 saturated heterocycles. The molecule has 0 spiro atoms. The van der Waals surface area contributed by atoms with Crippen LogP contribution in [0.4, 0.5) is 55.3 Å². The number of aromatic nitrogens is 6. The molecule has 0 radical (unpaired) electrons. The number of aryl methyl sites for hydroxylation is 2. The molecule has 6 aliphatic rings. The third kappa shape index (κ3) is 11.3. The predicted molar refractivity (Wildman–Crippen MR) is 282 cm³/mol. The van der Waals surface area contributed by atoms with Gasteiger partial charge in [0.25, 0.3) is 23.7 Å². The number of carbonyl (C=O) groups is 2. The van der Waals surface area contributed by atoms with Gasteiger partial charge in [0.05, 0.1) is 76.3 Å². The molecule has 2 N–H and O–H groups in total. The minimum atomic E-state index is -4.74. The molecule has 0 saturated carbocycles. The van der Waals surface area contributed by atoms with Crippen LogP contribution < -0.4 is 9.80 Å². The van der Waals surface area contributed by atoms with Crippen molar-refractivity contribution in [3.63, 3.8) is 0 Å². The maximum Gasteiger partial charge on any atom is 0.416 e. The van der Waals surface area contributed by atoms with Crippen LogP contribution in [0.15, 0.2) is 85.5 Å². The molecule has 2 amide bonds. The van der Waals surface area contributed by atoms with Gasteiger partial charge in [0, 0.05) is 98.8 Å². The number of likely N-dealkylation sites (tertiary alicyclic amines) is 2. The maximum atomic E-state index is 14.4. The second kappa shape index (κ2) is 22.2. The Morgan fingerprint density at radius 2 is 1.07 bits per heavy atom. The number of carbonyl (C=O) groups excluding carboxylic acids is 2. The summed E-state index contributed by atoms with van der Waals surface area (Å²) in [6.45, 7) is -1.07. The average molecular weight is 1180 g/mol. The molecule has 8 heterocycles. The van der Waals surface area contributed by atoms with Crippen molar-refractivity contribution < 1.29 is 73.2 Å². The topological polar surface area (TPSA) is 167 Å². The molecule has 4 aromatic carbocycles. The third-order valence-corrected chi connectivity index (χ3v) is 17.4. The lowest BCUT2D eigenvalue weighted by Gasteiger charge is -2.42. The van der Waals surface area contributed by atoms with Gasteiger partial charge in [0.15, 0.2) is 0 Å². The molecule has 0 aliphatic carbocycles. The third-order valence-electron chi connectivity index (χ3n) is 17.4. The van der Waals surface area contributed by atoms with E-state index in [4.69, 9.17) is 9.47 Å². The van der Waals surface area contributed by atoms with Crippen LogP contribution in [0, 0.1) is 11.8 Å². The SMILES string of the molecule is Cn1cnnc1CC1(c2cccc(N3Cc4c(cc(CN5CCC(CO)C(F)(F)C5)cc4C(F)(F)F)C3=O)c2)COC1.Cn1cnnc1CC1(c2cccc(N3Cc4c(cc(CN5CCC(F)(F)C(CO)C5)cc4C(F)(F)F)C3=O)c2)COC1. The van der Waals surface area contributed by atoms with Crippen LogP contribution in [-0.2, 0) is 85.8 Å². The lowest BCUT2D eigenvalue weighted by atomic mass is 9.75. The normalized spacial score (nSPS) is 21.8. The van der Waals surface area contributed by atoms with Crippen LogP contribution in [0.25, 0.3) is 0 Å². The molecule has 6 aliphatic heterocycles. The molecule has 16 nitrogen and oxygen atoms in total. The summed E-state index contributed by atoms with van der Waals surface area (Å²) in [6, 6.07) is 19.2. The Morgan fingerprint density at radius 3 is 1.46 bits per heavy atom. The van der Waals surface area contributed by atoms with E-state index in [1.165, 1.54) is 26.8 Å². The predicted octanol–water partition coefficient (Wildman–Crippen LogP) is 7.91. The van der Waals surface area contributed by atoms with Gasteiger partial charge >= 0.3 is 12.4 Å². The van der Waals surface area contributed by atoms with Crippen molar-refractivity contribution in [3.8, 4) is 0 Å². The number of ether oxygens (including phenoxy) is 2. The van der Waals surface area contributed by atoms with E-state index in [0.717, 1.165) is 34.9 Å². The number of piperidine rings is 2. The van der Waals surface area contributed by atoms with Crippen LogP contribution >= 0.6 is 0 Å². The molecule has 4 fully saturated rings. The standard InChI is InChI=1S/2C29H30F5N5O3/c1-37-17-35-36-25(37)10-27(15-42-16-27)19-3-2-4-21(9-19)39-13-23-22(26(39)41)7-18(8-24(23)29(32,33)34)11-38-6-5-28(30,31)20(12-38)14-40;1-37-17-35-36-25(37)10-27(15-42-16-27)19-3-2-4-21(9-19)39-12-23-22(26(39)41)7-18(8-24(23)29(32,33)34)11-38-6-5-20(13-40)28(30,31)14-38/h2*2-4,7-9,17,20,40H,5-6,10-16H2,1H3. The quantitative estimate of drug-likeness (QED) is 0.101. The number of benzene rings is 4. The molecule has 26 heteroatoms. The van der Waals surface area contributed by atoms with E-state index in [-0.39, 0.29) is 85.6 Å². The van der Waals surface area contributed by atoms with E-state index in [1.807, 2.05) is 47.5 Å². The molecule has 6 aromatic rings. The highest BCUT2D eigenvalue weighted by Gasteiger charge is 2.49. The zero-order chi connectivity index (χ0) is 59.7. The Balaban J connectivity index is 0.000000175. The fourth-order valence-electron chi connectivity index (χ4n) is 12.3. The Labute approximate surface area is 475 Å². The van der Waals surface area contributed by atoms with E-state index in [2.05, 4.69) is 20.4 Å². The highest BCUT2D eigenvalue weighted by molar-refractivity contribution is 6.11. The average Bonchev–Trinajstić information content (AvgIpc) is 3.12. The number of nitrogens with zero attached hydrogens (tertiary/aromatic N) is 10. The first-order valence-corrected chi connectivity index (χ1v) is 27.3. The number of halogens is 10. The Hall–Kier alpha value is -6.84. The summed E-state index contributed by atoms with van der Waals surface area (Å²) < 4.78 is 157. The van der Waals surface area contributed by atoms with E-state index in [0.29, 0.717) is 50.6 Å². The van der Waals surface area contributed by atoms with Crippen molar-refractivity contribution in [3.05, 3.63) is 153 Å². The summed E-state index contributed by atoms with van der Waals surface area (Å²) >= 11 is 0. The number of anilines is 2.